The molecule has 1 heterocycles. The zero-order chi connectivity index (χ0) is 33.9. The molecular weight excluding hydrogens is 619 g/mol. The Morgan fingerprint density at radius 2 is 0.922 bits per heavy atom. The van der Waals surface area contributed by atoms with Gasteiger partial charge in [-0.05, 0) is 82.3 Å². The number of hydrogen-bond acceptors (Lipinski definition) is 2. The minimum absolute atomic E-state index is 0.889. The Kier molecular flexibility index (Phi) is 6.75. The van der Waals surface area contributed by atoms with Crippen molar-refractivity contribution in [2.75, 3.05) is 4.90 Å². The highest BCUT2D eigenvalue weighted by Crippen LogP contribution is 2.55. The lowest BCUT2D eigenvalue weighted by molar-refractivity contribution is 0.670. The second kappa shape index (κ2) is 11.8. The quantitative estimate of drug-likeness (QED) is 0.188. The molecule has 2 nitrogen and oxygen atoms in total. The van der Waals surface area contributed by atoms with Crippen LogP contribution in [0, 0.1) is 6.92 Å². The average Bonchev–Trinajstić information content (AvgIpc) is 3.57. The van der Waals surface area contributed by atoms with E-state index in [9.17, 15) is 0 Å². The summed E-state index contributed by atoms with van der Waals surface area (Å²) in [4.78, 5) is 2.45. The highest BCUT2D eigenvalue weighted by molar-refractivity contribution is 6.18. The van der Waals surface area contributed by atoms with Crippen molar-refractivity contribution in [2.45, 2.75) is 6.92 Å². The summed E-state index contributed by atoms with van der Waals surface area (Å²) < 4.78 is 6.94. The third-order valence-electron chi connectivity index (χ3n) is 10.3. The number of furan rings is 1. The van der Waals surface area contributed by atoms with Crippen molar-refractivity contribution in [1.29, 1.82) is 0 Å². The van der Waals surface area contributed by atoms with Crippen LogP contribution < -0.4 is 4.90 Å². The number of aryl methyl sites for hydroxylation is 1. The molecule has 10 rings (SSSR count). The first kappa shape index (κ1) is 29.3. The Balaban J connectivity index is 1.39. The summed E-state index contributed by atoms with van der Waals surface area (Å²) in [5.74, 6) is 0. The highest BCUT2D eigenvalue weighted by Gasteiger charge is 2.30. The largest absolute Gasteiger partial charge is 0.455 e. The van der Waals surface area contributed by atoms with E-state index >= 15 is 0 Å². The third-order valence-corrected chi connectivity index (χ3v) is 10.3. The number of anilines is 3. The Bertz CT molecular complexity index is 2750. The Morgan fingerprint density at radius 3 is 1.65 bits per heavy atom. The molecule has 0 unspecified atom stereocenters. The van der Waals surface area contributed by atoms with Crippen molar-refractivity contribution in [2.24, 2.45) is 0 Å². The van der Waals surface area contributed by atoms with Gasteiger partial charge in [-0.2, -0.15) is 0 Å². The lowest BCUT2D eigenvalue weighted by Crippen LogP contribution is -2.13. The van der Waals surface area contributed by atoms with Crippen molar-refractivity contribution in [3.63, 3.8) is 0 Å². The second-order valence-electron chi connectivity index (χ2n) is 13.3. The smallest absolute Gasteiger partial charge is 0.143 e. The average molecular weight is 652 g/mol. The fourth-order valence-electron chi connectivity index (χ4n) is 8.01. The predicted molar refractivity (Wildman–Crippen MR) is 214 cm³/mol. The van der Waals surface area contributed by atoms with Gasteiger partial charge >= 0.3 is 0 Å². The van der Waals surface area contributed by atoms with Gasteiger partial charge in [0.05, 0.1) is 11.4 Å². The summed E-state index contributed by atoms with van der Waals surface area (Å²) in [6, 6.07) is 65.7. The van der Waals surface area contributed by atoms with Gasteiger partial charge in [-0.25, -0.2) is 0 Å². The van der Waals surface area contributed by atoms with Crippen LogP contribution in [0.25, 0.3) is 77.6 Å². The first-order chi connectivity index (χ1) is 25.2. The van der Waals surface area contributed by atoms with Gasteiger partial charge in [0.25, 0.3) is 0 Å². The molecule has 2 heteroatoms. The molecule has 0 radical (unpaired) electrons. The minimum atomic E-state index is 0.889. The molecule has 0 bridgehead atoms. The highest BCUT2D eigenvalue weighted by atomic mass is 16.3. The van der Waals surface area contributed by atoms with Crippen LogP contribution in [0.4, 0.5) is 17.1 Å². The fraction of sp³-hybridized carbons (Fsp3) is 0.0204. The number of fused-ring (bicyclic) bond motifs is 12. The molecule has 0 N–H and O–H groups in total. The number of benzene rings is 8. The molecule has 0 aliphatic heterocycles. The van der Waals surface area contributed by atoms with Gasteiger partial charge in [-0.1, -0.05) is 151 Å². The van der Waals surface area contributed by atoms with Crippen LogP contribution in [-0.4, -0.2) is 0 Å². The molecule has 0 spiro atoms. The lowest BCUT2D eigenvalue weighted by atomic mass is 9.79. The van der Waals surface area contributed by atoms with E-state index < -0.39 is 0 Å². The van der Waals surface area contributed by atoms with E-state index in [0.29, 0.717) is 0 Å². The van der Waals surface area contributed by atoms with E-state index in [1.54, 1.807) is 0 Å². The van der Waals surface area contributed by atoms with Crippen molar-refractivity contribution in [3.05, 3.63) is 188 Å². The summed E-state index contributed by atoms with van der Waals surface area (Å²) >= 11 is 0. The molecule has 0 atom stereocenters. The van der Waals surface area contributed by atoms with E-state index in [4.69, 9.17) is 4.42 Å². The van der Waals surface area contributed by atoms with Crippen LogP contribution in [0.3, 0.4) is 0 Å². The molecule has 240 valence electrons. The standard InChI is InChI=1S/C49H33NO/c1-32-26-28-34(29-27-32)50(44-23-11-9-16-35(44)33-14-3-2-4-15-33)45-24-13-22-41-38-19-7-5-17-36(38)37-18-6-8-20-39(37)42-30-31-43-40-21-10-12-25-46(40)51-49(43)48(42)47(41)45/h2-31H,1H3. The maximum atomic E-state index is 6.94. The van der Waals surface area contributed by atoms with Crippen LogP contribution in [0.15, 0.2) is 186 Å². The number of nitrogens with zero attached hydrogens (tertiary/aromatic N) is 1. The van der Waals surface area contributed by atoms with Gasteiger partial charge in [0, 0.05) is 33.2 Å². The molecule has 0 saturated carbocycles. The Hall–Kier alpha value is -6.64. The predicted octanol–water partition coefficient (Wildman–Crippen LogP) is 14.0. The summed E-state index contributed by atoms with van der Waals surface area (Å²) in [5.41, 5.74) is 18.0. The molecule has 0 saturated heterocycles. The van der Waals surface area contributed by atoms with Crippen LogP contribution in [0.1, 0.15) is 5.56 Å². The lowest BCUT2D eigenvalue weighted by Gasteiger charge is -2.32. The van der Waals surface area contributed by atoms with Crippen LogP contribution in [-0.2, 0) is 0 Å². The molecule has 1 aliphatic rings. The summed E-state index contributed by atoms with van der Waals surface area (Å²) in [7, 11) is 0. The molecule has 1 aliphatic carbocycles. The monoisotopic (exact) mass is 651 g/mol. The van der Waals surface area contributed by atoms with E-state index in [1.165, 1.54) is 38.9 Å². The van der Waals surface area contributed by atoms with Gasteiger partial charge in [-0.15, -0.1) is 0 Å². The molecule has 0 fully saturated rings. The van der Waals surface area contributed by atoms with Gasteiger partial charge in [-0.3, -0.25) is 0 Å². The van der Waals surface area contributed by atoms with Crippen molar-refractivity contribution >= 4 is 39.0 Å². The first-order valence-corrected chi connectivity index (χ1v) is 17.5. The van der Waals surface area contributed by atoms with E-state index in [0.717, 1.165) is 61.3 Å². The van der Waals surface area contributed by atoms with E-state index in [1.807, 2.05) is 0 Å². The van der Waals surface area contributed by atoms with Gasteiger partial charge in [0.15, 0.2) is 0 Å². The first-order valence-electron chi connectivity index (χ1n) is 17.5. The van der Waals surface area contributed by atoms with Gasteiger partial charge in [0.2, 0.25) is 0 Å². The number of rotatable bonds is 4. The molecule has 51 heavy (non-hydrogen) atoms. The molecule has 8 aromatic carbocycles. The normalized spacial score (nSPS) is 11.6. The van der Waals surface area contributed by atoms with E-state index in [2.05, 4.69) is 194 Å². The second-order valence-corrected chi connectivity index (χ2v) is 13.3. The third kappa shape index (κ3) is 4.65. The fourth-order valence-corrected chi connectivity index (χ4v) is 8.01. The summed E-state index contributed by atoms with van der Waals surface area (Å²) in [6.07, 6.45) is 0. The Morgan fingerprint density at radius 1 is 0.373 bits per heavy atom. The minimum Gasteiger partial charge on any atom is -0.455 e. The molecular formula is C49H33NO. The topological polar surface area (TPSA) is 16.4 Å². The molecule has 9 aromatic rings. The van der Waals surface area contributed by atoms with Crippen LogP contribution in [0.5, 0.6) is 0 Å². The zero-order valence-corrected chi connectivity index (χ0v) is 28.2. The Labute approximate surface area is 297 Å². The van der Waals surface area contributed by atoms with Crippen molar-refractivity contribution in [3.8, 4) is 55.6 Å². The van der Waals surface area contributed by atoms with Crippen LogP contribution >= 0.6 is 0 Å². The maximum absolute atomic E-state index is 6.94. The van der Waals surface area contributed by atoms with Crippen molar-refractivity contribution in [1.82, 2.24) is 0 Å². The zero-order valence-electron chi connectivity index (χ0n) is 28.2. The van der Waals surface area contributed by atoms with Gasteiger partial charge < -0.3 is 9.32 Å². The molecule has 0 amide bonds. The SMILES string of the molecule is Cc1ccc(N(c2ccccc2-c2ccccc2)c2cccc3c2-c2c(ccc4c2oc2ccccc24)-c2ccccc2-c2ccccc2-3)cc1. The number of hydrogen-bond donors (Lipinski definition) is 0. The number of para-hydroxylation sites is 2. The summed E-state index contributed by atoms with van der Waals surface area (Å²) in [5, 5.41) is 2.23. The van der Waals surface area contributed by atoms with E-state index in [-0.39, 0.29) is 0 Å². The molecule has 1 aromatic heterocycles. The van der Waals surface area contributed by atoms with Crippen molar-refractivity contribution < 1.29 is 4.42 Å². The maximum Gasteiger partial charge on any atom is 0.143 e. The van der Waals surface area contributed by atoms with Crippen LogP contribution in [0.2, 0.25) is 0 Å². The summed E-state index contributed by atoms with van der Waals surface area (Å²) in [6.45, 7) is 2.15. The van der Waals surface area contributed by atoms with Gasteiger partial charge in [0.1, 0.15) is 11.2 Å².